The molecule has 0 spiro atoms. The van der Waals surface area contributed by atoms with E-state index in [0.29, 0.717) is 0 Å². The fourth-order valence-corrected chi connectivity index (χ4v) is 2.63. The van der Waals surface area contributed by atoms with Crippen LogP contribution in [-0.4, -0.2) is 15.4 Å². The lowest BCUT2D eigenvalue weighted by Gasteiger charge is -2.01. The van der Waals surface area contributed by atoms with E-state index in [9.17, 15) is 0 Å². The first-order valence-electron chi connectivity index (χ1n) is 5.17. The van der Waals surface area contributed by atoms with E-state index in [1.54, 1.807) is 0 Å². The largest absolute Gasteiger partial charge is 0.197 e. The Balaban J connectivity index is 2.39. The molecule has 0 fully saturated rings. The van der Waals surface area contributed by atoms with Gasteiger partial charge in [0.25, 0.3) is 0 Å². The molecule has 1 heterocycles. The number of rotatable bonds is 0. The van der Waals surface area contributed by atoms with Gasteiger partial charge >= 0.3 is 0 Å². The first-order chi connectivity index (χ1) is 7.43. The number of aromatic amines is 1. The summed E-state index contributed by atoms with van der Waals surface area (Å²) in [5.41, 5.74) is 4.85. The van der Waals surface area contributed by atoms with Crippen LogP contribution in [0.4, 0.5) is 0 Å². The van der Waals surface area contributed by atoms with E-state index in [0.717, 1.165) is 23.9 Å². The zero-order chi connectivity index (χ0) is 9.83. The summed E-state index contributed by atoms with van der Waals surface area (Å²) in [6, 6.07) is 8.63. The summed E-state index contributed by atoms with van der Waals surface area (Å²) in [5.74, 6) is 0. The third-order valence-corrected chi connectivity index (χ3v) is 3.28. The van der Waals surface area contributed by atoms with Crippen LogP contribution in [0.1, 0.15) is 11.1 Å². The number of nitrogens with zero attached hydrogens (tertiary/aromatic N) is 2. The molecule has 0 unspecified atom stereocenters. The summed E-state index contributed by atoms with van der Waals surface area (Å²) in [6.45, 7) is 0. The number of aromatic nitrogens is 3. The van der Waals surface area contributed by atoms with E-state index in [1.165, 1.54) is 21.9 Å². The smallest absolute Gasteiger partial charge is 0.120 e. The minimum absolute atomic E-state index is 0.983. The van der Waals surface area contributed by atoms with Gasteiger partial charge in [0.1, 0.15) is 11.0 Å². The molecule has 72 valence electrons. The SMILES string of the molecule is c1cc2c3c(cc4n[nH]nc4c3c1)CC2. The second-order valence-corrected chi connectivity index (χ2v) is 4.07. The Kier molecular flexibility index (Phi) is 1.17. The van der Waals surface area contributed by atoms with Gasteiger partial charge in [0, 0.05) is 5.39 Å². The molecule has 2 aromatic carbocycles. The highest BCUT2D eigenvalue weighted by Gasteiger charge is 2.17. The number of nitrogens with one attached hydrogen (secondary N) is 1. The minimum Gasteiger partial charge on any atom is -0.197 e. The van der Waals surface area contributed by atoms with E-state index in [1.807, 2.05) is 0 Å². The molecule has 1 aliphatic carbocycles. The van der Waals surface area contributed by atoms with Gasteiger partial charge in [-0.1, -0.05) is 18.2 Å². The van der Waals surface area contributed by atoms with Crippen molar-refractivity contribution in [1.29, 1.82) is 0 Å². The summed E-state index contributed by atoms with van der Waals surface area (Å²) >= 11 is 0. The second-order valence-electron chi connectivity index (χ2n) is 4.07. The van der Waals surface area contributed by atoms with Crippen molar-refractivity contribution >= 4 is 21.8 Å². The Morgan fingerprint density at radius 2 is 2.00 bits per heavy atom. The summed E-state index contributed by atoms with van der Waals surface area (Å²) in [5, 5.41) is 13.7. The van der Waals surface area contributed by atoms with Crippen LogP contribution in [0.3, 0.4) is 0 Å². The molecule has 0 radical (unpaired) electrons. The highest BCUT2D eigenvalue weighted by molar-refractivity contribution is 6.07. The van der Waals surface area contributed by atoms with Crippen LogP contribution in [-0.2, 0) is 12.8 Å². The Bertz CT molecular complexity index is 682. The van der Waals surface area contributed by atoms with Gasteiger partial charge < -0.3 is 0 Å². The second kappa shape index (κ2) is 2.37. The number of hydrogen-bond acceptors (Lipinski definition) is 2. The molecule has 15 heavy (non-hydrogen) atoms. The first-order valence-corrected chi connectivity index (χ1v) is 5.17. The maximum atomic E-state index is 4.22. The van der Waals surface area contributed by atoms with Crippen LogP contribution in [0.2, 0.25) is 0 Å². The van der Waals surface area contributed by atoms with Crippen molar-refractivity contribution in [3.63, 3.8) is 0 Å². The van der Waals surface area contributed by atoms with E-state index in [2.05, 4.69) is 39.7 Å². The molecule has 4 rings (SSSR count). The monoisotopic (exact) mass is 195 g/mol. The number of aryl methyl sites for hydroxylation is 2. The Morgan fingerprint density at radius 1 is 1.07 bits per heavy atom. The number of hydrogen-bond donors (Lipinski definition) is 1. The van der Waals surface area contributed by atoms with Crippen LogP contribution in [0, 0.1) is 0 Å². The molecule has 0 atom stereocenters. The molecule has 0 bridgehead atoms. The van der Waals surface area contributed by atoms with Gasteiger partial charge in [-0.3, -0.25) is 0 Å². The number of benzene rings is 2. The zero-order valence-corrected chi connectivity index (χ0v) is 8.12. The minimum atomic E-state index is 0.983. The topological polar surface area (TPSA) is 41.6 Å². The first kappa shape index (κ1) is 7.40. The van der Waals surface area contributed by atoms with E-state index in [-0.39, 0.29) is 0 Å². The van der Waals surface area contributed by atoms with Gasteiger partial charge in [0.05, 0.1) is 0 Å². The van der Waals surface area contributed by atoms with Crippen LogP contribution >= 0.6 is 0 Å². The predicted molar refractivity (Wildman–Crippen MR) is 58.8 cm³/mol. The van der Waals surface area contributed by atoms with Crippen LogP contribution in [0.5, 0.6) is 0 Å². The lowest BCUT2D eigenvalue weighted by molar-refractivity contribution is 0.959. The predicted octanol–water partition coefficient (Wildman–Crippen LogP) is 2.21. The normalized spacial score (nSPS) is 14.1. The molecule has 1 aromatic heterocycles. The molecule has 1 N–H and O–H groups in total. The maximum absolute atomic E-state index is 4.22. The molecular weight excluding hydrogens is 186 g/mol. The van der Waals surface area contributed by atoms with Gasteiger partial charge in [-0.25, -0.2) is 0 Å². The molecule has 0 saturated heterocycles. The molecule has 3 aromatic rings. The fourth-order valence-electron chi connectivity index (χ4n) is 2.63. The number of fused-ring (bicyclic) bond motifs is 2. The van der Waals surface area contributed by atoms with Crippen molar-refractivity contribution in [2.45, 2.75) is 12.8 Å². The van der Waals surface area contributed by atoms with Crippen LogP contribution < -0.4 is 0 Å². The fraction of sp³-hybridized carbons (Fsp3) is 0.167. The van der Waals surface area contributed by atoms with E-state index >= 15 is 0 Å². The molecule has 0 saturated carbocycles. The maximum Gasteiger partial charge on any atom is 0.120 e. The van der Waals surface area contributed by atoms with Gasteiger partial charge in [0.15, 0.2) is 0 Å². The quantitative estimate of drug-likeness (QED) is 0.597. The Morgan fingerprint density at radius 3 is 3.00 bits per heavy atom. The number of H-pyrrole nitrogens is 1. The highest BCUT2D eigenvalue weighted by atomic mass is 15.3. The van der Waals surface area contributed by atoms with Crippen molar-refractivity contribution < 1.29 is 0 Å². The average molecular weight is 195 g/mol. The summed E-state index contributed by atoms with van der Waals surface area (Å²) < 4.78 is 0. The lowest BCUT2D eigenvalue weighted by atomic mass is 10.0. The lowest BCUT2D eigenvalue weighted by Crippen LogP contribution is -1.81. The molecule has 3 nitrogen and oxygen atoms in total. The summed E-state index contributed by atoms with van der Waals surface area (Å²) in [4.78, 5) is 0. The van der Waals surface area contributed by atoms with Gasteiger partial charge in [-0.2, -0.15) is 15.4 Å². The van der Waals surface area contributed by atoms with Gasteiger partial charge in [0.2, 0.25) is 0 Å². The highest BCUT2D eigenvalue weighted by Crippen LogP contribution is 2.34. The van der Waals surface area contributed by atoms with Crippen molar-refractivity contribution in [2.75, 3.05) is 0 Å². The van der Waals surface area contributed by atoms with E-state index < -0.39 is 0 Å². The Hall–Kier alpha value is -1.90. The van der Waals surface area contributed by atoms with Gasteiger partial charge in [-0.15, -0.1) is 0 Å². The zero-order valence-electron chi connectivity index (χ0n) is 8.12. The summed E-state index contributed by atoms with van der Waals surface area (Å²) in [7, 11) is 0. The van der Waals surface area contributed by atoms with Crippen molar-refractivity contribution in [3.05, 3.63) is 35.4 Å². The molecule has 0 aliphatic heterocycles. The van der Waals surface area contributed by atoms with Crippen molar-refractivity contribution in [1.82, 2.24) is 15.4 Å². The van der Waals surface area contributed by atoms with Crippen molar-refractivity contribution in [2.24, 2.45) is 0 Å². The third kappa shape index (κ3) is 0.807. The van der Waals surface area contributed by atoms with Crippen LogP contribution in [0.15, 0.2) is 24.3 Å². The standard InChI is InChI=1S/C12H9N3/c1-2-7-4-5-8-6-10-12(14-15-13-10)9(3-1)11(7)8/h1-3,6H,4-5H2,(H,13,14,15). The molecule has 0 amide bonds. The third-order valence-electron chi connectivity index (χ3n) is 3.28. The average Bonchev–Trinajstić information content (AvgIpc) is 2.87. The van der Waals surface area contributed by atoms with Crippen molar-refractivity contribution in [3.8, 4) is 0 Å². The summed E-state index contributed by atoms with van der Waals surface area (Å²) in [6.07, 6.45) is 2.29. The van der Waals surface area contributed by atoms with Gasteiger partial charge in [-0.05, 0) is 35.4 Å². The molecule has 1 aliphatic rings. The Labute approximate surface area is 86.1 Å². The molecular formula is C12H9N3. The van der Waals surface area contributed by atoms with E-state index in [4.69, 9.17) is 0 Å². The van der Waals surface area contributed by atoms with Crippen LogP contribution in [0.25, 0.3) is 21.8 Å². The molecule has 3 heteroatoms.